The summed E-state index contributed by atoms with van der Waals surface area (Å²) in [5, 5.41) is 0. The molecule has 0 spiro atoms. The molecule has 0 aliphatic rings. The number of hydrogen-bond acceptors (Lipinski definition) is 6. The molecule has 0 radical (unpaired) electrons. The zero-order valence-corrected chi connectivity index (χ0v) is 19.6. The highest BCUT2D eigenvalue weighted by Crippen LogP contribution is 2.26. The van der Waals surface area contributed by atoms with E-state index in [1.807, 2.05) is 0 Å². The van der Waals surface area contributed by atoms with E-state index in [-0.39, 0.29) is 16.1 Å². The Kier molecular flexibility index (Phi) is 6.43. The molecule has 3 aromatic carbocycles. The van der Waals surface area contributed by atoms with Crippen molar-refractivity contribution in [3.63, 3.8) is 0 Å². The van der Waals surface area contributed by atoms with Crippen molar-refractivity contribution in [2.45, 2.75) is 11.0 Å². The minimum Gasteiger partial charge on any atom is -0.444 e. The van der Waals surface area contributed by atoms with E-state index < -0.39 is 33.7 Å². The number of para-hydroxylation sites is 1. The molecule has 1 heterocycles. The van der Waals surface area contributed by atoms with Crippen LogP contribution < -0.4 is 10.4 Å². The van der Waals surface area contributed by atoms with Crippen LogP contribution in [-0.4, -0.2) is 49.3 Å². The number of imidazole rings is 1. The van der Waals surface area contributed by atoms with Crippen LogP contribution in [0, 0.1) is 0 Å². The highest BCUT2D eigenvalue weighted by atomic mass is 32.2. The van der Waals surface area contributed by atoms with Crippen LogP contribution in [0.15, 0.2) is 82.5 Å². The van der Waals surface area contributed by atoms with Crippen LogP contribution in [0.3, 0.4) is 0 Å². The first-order chi connectivity index (χ1) is 16.7. The number of anilines is 1. The van der Waals surface area contributed by atoms with Crippen molar-refractivity contribution in [2.75, 3.05) is 18.8 Å². The van der Waals surface area contributed by atoms with E-state index in [0.717, 1.165) is 0 Å². The Morgan fingerprint density at radius 3 is 2.29 bits per heavy atom. The highest BCUT2D eigenvalue weighted by Gasteiger charge is 2.28. The Bertz CT molecular complexity index is 1560. The fourth-order valence-electron chi connectivity index (χ4n) is 3.43. The third-order valence-corrected chi connectivity index (χ3v) is 6.54. The SMILES string of the molecule is CN(C)C(=O)C(OC(=O)c1ccccc1NS(=O)(=O)c1ccc2[nH]c(=O)[nH]c2c1)c1ccccc1. The first kappa shape index (κ1) is 23.8. The number of aromatic amines is 2. The molecule has 0 bridgehead atoms. The first-order valence-electron chi connectivity index (χ1n) is 10.5. The number of hydrogen-bond donors (Lipinski definition) is 3. The summed E-state index contributed by atoms with van der Waals surface area (Å²) in [5.74, 6) is -1.32. The van der Waals surface area contributed by atoms with Gasteiger partial charge in [0.15, 0.2) is 0 Å². The maximum Gasteiger partial charge on any atom is 0.341 e. The average molecular weight is 495 g/mol. The summed E-state index contributed by atoms with van der Waals surface area (Å²) in [6, 6.07) is 18.5. The largest absolute Gasteiger partial charge is 0.444 e. The molecule has 0 saturated carbocycles. The lowest BCUT2D eigenvalue weighted by Gasteiger charge is -2.22. The molecule has 11 heteroatoms. The van der Waals surface area contributed by atoms with Gasteiger partial charge in [0.05, 0.1) is 27.2 Å². The monoisotopic (exact) mass is 494 g/mol. The maximum absolute atomic E-state index is 13.1. The molecule has 4 rings (SSSR count). The summed E-state index contributed by atoms with van der Waals surface area (Å²) in [6.07, 6.45) is -1.21. The Hall–Kier alpha value is -4.38. The van der Waals surface area contributed by atoms with Gasteiger partial charge in [-0.25, -0.2) is 18.0 Å². The van der Waals surface area contributed by atoms with E-state index in [9.17, 15) is 22.8 Å². The normalized spacial score (nSPS) is 12.2. The summed E-state index contributed by atoms with van der Waals surface area (Å²) in [5.41, 5.74) is 0.695. The van der Waals surface area contributed by atoms with Gasteiger partial charge in [0.25, 0.3) is 15.9 Å². The van der Waals surface area contributed by atoms with E-state index in [4.69, 9.17) is 4.74 Å². The standard InChI is InChI=1S/C24H22N4O6S/c1-28(2)22(29)21(15-8-4-3-5-9-15)34-23(30)17-10-6-7-11-18(17)27-35(32,33)16-12-13-19-20(14-16)26-24(31)25-19/h3-14,21,27H,1-2H3,(H2,25,26,31). The molecule has 1 atom stereocenters. The zero-order valence-electron chi connectivity index (χ0n) is 18.8. The first-order valence-corrected chi connectivity index (χ1v) is 11.9. The highest BCUT2D eigenvalue weighted by molar-refractivity contribution is 7.92. The van der Waals surface area contributed by atoms with E-state index >= 15 is 0 Å². The number of ether oxygens (including phenoxy) is 1. The Morgan fingerprint density at radius 2 is 1.57 bits per heavy atom. The lowest BCUT2D eigenvalue weighted by molar-refractivity contribution is -0.138. The van der Waals surface area contributed by atoms with E-state index in [1.165, 1.54) is 35.2 Å². The van der Waals surface area contributed by atoms with Crippen molar-refractivity contribution in [2.24, 2.45) is 0 Å². The topological polar surface area (TPSA) is 141 Å². The summed E-state index contributed by atoms with van der Waals surface area (Å²) in [6.45, 7) is 0. The number of carbonyl (C=O) groups is 2. The number of esters is 1. The number of H-pyrrole nitrogens is 2. The van der Waals surface area contributed by atoms with Crippen LogP contribution in [0.2, 0.25) is 0 Å². The molecule has 4 aromatic rings. The molecule has 0 aliphatic heterocycles. The lowest BCUT2D eigenvalue weighted by atomic mass is 10.1. The molecule has 1 amide bonds. The molecule has 0 fully saturated rings. The van der Waals surface area contributed by atoms with Crippen molar-refractivity contribution in [3.8, 4) is 0 Å². The van der Waals surface area contributed by atoms with Crippen molar-refractivity contribution in [1.82, 2.24) is 14.9 Å². The van der Waals surface area contributed by atoms with Gasteiger partial charge in [-0.05, 0) is 30.3 Å². The second-order valence-corrected chi connectivity index (χ2v) is 9.55. The Morgan fingerprint density at radius 1 is 0.914 bits per heavy atom. The molecule has 0 aliphatic carbocycles. The second-order valence-electron chi connectivity index (χ2n) is 7.87. The van der Waals surface area contributed by atoms with Gasteiger partial charge in [-0.2, -0.15) is 0 Å². The number of nitrogens with one attached hydrogen (secondary N) is 3. The third kappa shape index (κ3) is 5.09. The molecule has 3 N–H and O–H groups in total. The number of likely N-dealkylation sites (N-methyl/N-ethyl adjacent to an activating group) is 1. The fourth-order valence-corrected chi connectivity index (χ4v) is 4.53. The zero-order chi connectivity index (χ0) is 25.2. The quantitative estimate of drug-likeness (QED) is 0.337. The van der Waals surface area contributed by atoms with Crippen LogP contribution in [0.1, 0.15) is 22.0 Å². The Balaban J connectivity index is 1.64. The van der Waals surface area contributed by atoms with Gasteiger partial charge in [-0.1, -0.05) is 42.5 Å². The summed E-state index contributed by atoms with van der Waals surface area (Å²) in [4.78, 5) is 43.6. The molecule has 1 unspecified atom stereocenters. The van der Waals surface area contributed by atoms with Gasteiger partial charge in [0, 0.05) is 19.7 Å². The lowest BCUT2D eigenvalue weighted by Crippen LogP contribution is -2.31. The number of aromatic nitrogens is 2. The molecule has 35 heavy (non-hydrogen) atoms. The number of carbonyl (C=O) groups excluding carboxylic acids is 2. The molecule has 1 aromatic heterocycles. The molecule has 180 valence electrons. The van der Waals surface area contributed by atoms with Crippen LogP contribution in [0.25, 0.3) is 11.0 Å². The van der Waals surface area contributed by atoms with Crippen molar-refractivity contribution < 1.29 is 22.7 Å². The number of nitrogens with zero attached hydrogens (tertiary/aromatic N) is 1. The van der Waals surface area contributed by atoms with E-state index in [0.29, 0.717) is 16.6 Å². The van der Waals surface area contributed by atoms with E-state index in [1.54, 1.807) is 56.6 Å². The van der Waals surface area contributed by atoms with Gasteiger partial charge >= 0.3 is 11.7 Å². The summed E-state index contributed by atoms with van der Waals surface area (Å²) in [7, 11) is -1.04. The predicted molar refractivity (Wildman–Crippen MR) is 129 cm³/mol. The van der Waals surface area contributed by atoms with Crippen LogP contribution in [0.5, 0.6) is 0 Å². The smallest absolute Gasteiger partial charge is 0.341 e. The summed E-state index contributed by atoms with van der Waals surface area (Å²) >= 11 is 0. The predicted octanol–water partition coefficient (Wildman–Crippen LogP) is 2.64. The van der Waals surface area contributed by atoms with Crippen molar-refractivity contribution in [3.05, 3.63) is 94.4 Å². The third-order valence-electron chi connectivity index (χ3n) is 5.18. The molecule has 0 saturated heterocycles. The number of rotatable bonds is 7. The van der Waals surface area contributed by atoms with Gasteiger partial charge in [-0.3, -0.25) is 9.52 Å². The number of sulfonamides is 1. The maximum atomic E-state index is 13.1. The van der Waals surface area contributed by atoms with Crippen LogP contribution in [0.4, 0.5) is 5.69 Å². The Labute approximate surface area is 200 Å². The van der Waals surface area contributed by atoms with Gasteiger partial charge in [-0.15, -0.1) is 0 Å². The van der Waals surface area contributed by atoms with Gasteiger partial charge in [0.2, 0.25) is 6.10 Å². The second kappa shape index (κ2) is 9.47. The van der Waals surface area contributed by atoms with Gasteiger partial charge < -0.3 is 19.6 Å². The molecular weight excluding hydrogens is 472 g/mol. The van der Waals surface area contributed by atoms with Crippen molar-refractivity contribution in [1.29, 1.82) is 0 Å². The van der Waals surface area contributed by atoms with Crippen LogP contribution >= 0.6 is 0 Å². The van der Waals surface area contributed by atoms with Crippen LogP contribution in [-0.2, 0) is 19.6 Å². The average Bonchev–Trinajstić information content (AvgIpc) is 3.22. The molecular formula is C24H22N4O6S. The fraction of sp³-hybridized carbons (Fsp3) is 0.125. The molecule has 10 nitrogen and oxygen atoms in total. The minimum absolute atomic E-state index is 0.0238. The number of amides is 1. The number of benzene rings is 3. The van der Waals surface area contributed by atoms with Crippen molar-refractivity contribution >= 4 is 38.6 Å². The number of fused-ring (bicyclic) bond motifs is 1. The summed E-state index contributed by atoms with van der Waals surface area (Å²) < 4.78 is 34.0. The van der Waals surface area contributed by atoms with Gasteiger partial charge in [0.1, 0.15) is 0 Å². The van der Waals surface area contributed by atoms with E-state index in [2.05, 4.69) is 14.7 Å². The minimum atomic E-state index is -4.13.